The van der Waals surface area contributed by atoms with Gasteiger partial charge in [-0.05, 0) is 37.7 Å². The average molecular weight is 360 g/mol. The minimum atomic E-state index is -0.499. The number of hydrogen-bond acceptors (Lipinski definition) is 4. The van der Waals surface area contributed by atoms with E-state index in [4.69, 9.17) is 4.74 Å². The molecule has 26 heavy (non-hydrogen) atoms. The third-order valence-corrected chi connectivity index (χ3v) is 5.42. The van der Waals surface area contributed by atoms with E-state index in [1.165, 1.54) is 0 Å². The van der Waals surface area contributed by atoms with Gasteiger partial charge in [0.15, 0.2) is 0 Å². The molecule has 3 rings (SSSR count). The fraction of sp³-hybridized carbons (Fsp3) is 0.600. The molecule has 2 saturated heterocycles. The molecule has 2 heterocycles. The van der Waals surface area contributed by atoms with Gasteiger partial charge in [0.05, 0.1) is 12.1 Å². The van der Waals surface area contributed by atoms with Gasteiger partial charge >= 0.3 is 6.09 Å². The number of benzene rings is 1. The van der Waals surface area contributed by atoms with E-state index in [1.54, 1.807) is 9.80 Å². The Morgan fingerprint density at radius 2 is 1.85 bits per heavy atom. The lowest BCUT2D eigenvalue weighted by molar-refractivity contribution is -0.138. The van der Waals surface area contributed by atoms with Crippen molar-refractivity contribution in [2.75, 3.05) is 13.1 Å². The highest BCUT2D eigenvalue weighted by molar-refractivity contribution is 5.86. The van der Waals surface area contributed by atoms with Gasteiger partial charge in [-0.15, -0.1) is 0 Å². The predicted molar refractivity (Wildman–Crippen MR) is 97.4 cm³/mol. The Morgan fingerprint density at radius 3 is 2.58 bits per heavy atom. The van der Waals surface area contributed by atoms with Gasteiger partial charge in [-0.2, -0.15) is 0 Å². The van der Waals surface area contributed by atoms with Crippen molar-refractivity contribution in [3.05, 3.63) is 35.9 Å². The molecule has 6 nitrogen and oxygen atoms in total. The number of rotatable bonds is 5. The number of carbonyl (C=O) groups is 2. The maximum absolute atomic E-state index is 13.0. The summed E-state index contributed by atoms with van der Waals surface area (Å²) < 4.78 is 5.42. The summed E-state index contributed by atoms with van der Waals surface area (Å²) in [6.07, 6.45) is 2.88. The van der Waals surface area contributed by atoms with Crippen LogP contribution in [-0.4, -0.2) is 58.2 Å². The lowest BCUT2D eigenvalue weighted by Gasteiger charge is -2.33. The lowest BCUT2D eigenvalue weighted by atomic mass is 10.1. The Morgan fingerprint density at radius 1 is 1.15 bits per heavy atom. The molecule has 3 atom stereocenters. The van der Waals surface area contributed by atoms with E-state index in [1.807, 2.05) is 37.3 Å². The second-order valence-corrected chi connectivity index (χ2v) is 7.11. The van der Waals surface area contributed by atoms with Gasteiger partial charge in [-0.3, -0.25) is 9.69 Å². The van der Waals surface area contributed by atoms with Gasteiger partial charge in [-0.25, -0.2) is 4.79 Å². The molecular weight excluding hydrogens is 332 g/mol. The molecule has 1 aromatic carbocycles. The van der Waals surface area contributed by atoms with E-state index >= 15 is 0 Å². The minimum absolute atomic E-state index is 0.0471. The van der Waals surface area contributed by atoms with Gasteiger partial charge in [0.25, 0.3) is 0 Å². The first-order valence-electron chi connectivity index (χ1n) is 9.57. The maximum Gasteiger partial charge on any atom is 0.410 e. The van der Waals surface area contributed by atoms with Crippen LogP contribution in [0, 0.1) is 0 Å². The third-order valence-electron chi connectivity index (χ3n) is 5.42. The van der Waals surface area contributed by atoms with E-state index in [-0.39, 0.29) is 18.6 Å². The van der Waals surface area contributed by atoms with Crippen LogP contribution in [-0.2, 0) is 16.1 Å². The van der Waals surface area contributed by atoms with Crippen LogP contribution in [0.4, 0.5) is 4.79 Å². The molecule has 2 aliphatic rings. The number of aliphatic hydroxyl groups excluding tert-OH is 1. The van der Waals surface area contributed by atoms with Crippen molar-refractivity contribution in [3.8, 4) is 0 Å². The zero-order valence-electron chi connectivity index (χ0n) is 15.3. The summed E-state index contributed by atoms with van der Waals surface area (Å²) in [5.74, 6) is -0.0471. The van der Waals surface area contributed by atoms with Crippen LogP contribution >= 0.6 is 0 Å². The largest absolute Gasteiger partial charge is 0.445 e. The predicted octanol–water partition coefficient (Wildman–Crippen LogP) is 2.55. The maximum atomic E-state index is 13.0. The molecule has 0 aromatic heterocycles. The Bertz CT molecular complexity index is 621. The molecule has 0 aliphatic carbocycles. The molecule has 2 fully saturated rings. The van der Waals surface area contributed by atoms with Gasteiger partial charge in [-0.1, -0.05) is 37.3 Å². The summed E-state index contributed by atoms with van der Waals surface area (Å²) in [5, 5.41) is 10.2. The number of ether oxygens (including phenoxy) is 1. The van der Waals surface area contributed by atoms with E-state index < -0.39 is 18.2 Å². The van der Waals surface area contributed by atoms with Crippen molar-refractivity contribution in [2.24, 2.45) is 0 Å². The Balaban J connectivity index is 1.61. The second-order valence-electron chi connectivity index (χ2n) is 7.11. The monoisotopic (exact) mass is 360 g/mol. The lowest BCUT2D eigenvalue weighted by Crippen LogP contribution is -2.51. The average Bonchev–Trinajstić information content (AvgIpc) is 3.35. The van der Waals surface area contributed by atoms with E-state index in [9.17, 15) is 14.7 Å². The van der Waals surface area contributed by atoms with E-state index in [0.29, 0.717) is 25.9 Å². The number of carbonyl (C=O) groups excluding carboxylic acids is 2. The first-order valence-corrected chi connectivity index (χ1v) is 9.57. The molecular formula is C20H28N2O4. The third kappa shape index (κ3) is 4.01. The van der Waals surface area contributed by atoms with Crippen LogP contribution < -0.4 is 0 Å². The summed E-state index contributed by atoms with van der Waals surface area (Å²) in [5.41, 5.74) is 0.925. The Hall–Kier alpha value is -2.08. The highest BCUT2D eigenvalue weighted by atomic mass is 16.6. The van der Waals surface area contributed by atoms with Crippen molar-refractivity contribution in [1.29, 1.82) is 0 Å². The number of aliphatic hydroxyl groups is 1. The molecule has 142 valence electrons. The highest BCUT2D eigenvalue weighted by Gasteiger charge is 2.42. The normalized spacial score (nSPS) is 23.9. The fourth-order valence-electron chi connectivity index (χ4n) is 3.97. The van der Waals surface area contributed by atoms with Crippen LogP contribution in [0.3, 0.4) is 0 Å². The molecule has 0 radical (unpaired) electrons. The fourth-order valence-corrected chi connectivity index (χ4v) is 3.97. The van der Waals surface area contributed by atoms with Gasteiger partial charge in [0, 0.05) is 13.1 Å². The summed E-state index contributed by atoms with van der Waals surface area (Å²) in [6.45, 7) is 3.33. The van der Waals surface area contributed by atoms with Crippen molar-refractivity contribution in [1.82, 2.24) is 9.80 Å². The standard InChI is InChI=1S/C20H28N2O4/c1-2-18(23)16-10-6-12-21(16)19(24)17-11-7-13-22(17)20(25)26-14-15-8-4-3-5-9-15/h3-5,8-9,16-18,23H,2,6-7,10-14H2,1H3/t16?,17-,18?/m0/s1. The number of hydrogen-bond donors (Lipinski definition) is 1. The molecule has 1 aromatic rings. The quantitative estimate of drug-likeness (QED) is 0.876. The molecule has 2 aliphatic heterocycles. The highest BCUT2D eigenvalue weighted by Crippen LogP contribution is 2.27. The smallest absolute Gasteiger partial charge is 0.410 e. The Kier molecular flexibility index (Phi) is 6.14. The SMILES string of the molecule is CCC(O)C1CCCN1C(=O)[C@@H]1CCCN1C(=O)OCc1ccccc1. The minimum Gasteiger partial charge on any atom is -0.445 e. The van der Waals surface area contributed by atoms with Gasteiger partial charge in [0.2, 0.25) is 5.91 Å². The molecule has 2 amide bonds. The molecule has 0 bridgehead atoms. The number of likely N-dealkylation sites (tertiary alicyclic amines) is 2. The van der Waals surface area contributed by atoms with Crippen molar-refractivity contribution in [3.63, 3.8) is 0 Å². The molecule has 6 heteroatoms. The van der Waals surface area contributed by atoms with Crippen molar-refractivity contribution in [2.45, 2.75) is 63.8 Å². The Labute approximate surface area is 154 Å². The zero-order chi connectivity index (χ0) is 18.5. The number of amides is 2. The number of nitrogens with zero attached hydrogens (tertiary/aromatic N) is 2. The van der Waals surface area contributed by atoms with Crippen LogP contribution in [0.5, 0.6) is 0 Å². The zero-order valence-corrected chi connectivity index (χ0v) is 15.3. The molecule has 0 saturated carbocycles. The van der Waals surface area contributed by atoms with Crippen LogP contribution in [0.15, 0.2) is 30.3 Å². The van der Waals surface area contributed by atoms with Gasteiger partial charge in [0.1, 0.15) is 12.6 Å². The summed E-state index contributed by atoms with van der Waals surface area (Å²) >= 11 is 0. The summed E-state index contributed by atoms with van der Waals surface area (Å²) in [6, 6.07) is 8.92. The summed E-state index contributed by atoms with van der Waals surface area (Å²) in [7, 11) is 0. The van der Waals surface area contributed by atoms with Crippen LogP contribution in [0.25, 0.3) is 0 Å². The molecule has 0 spiro atoms. The first kappa shape index (κ1) is 18.7. The van der Waals surface area contributed by atoms with Gasteiger partial charge < -0.3 is 14.7 Å². The topological polar surface area (TPSA) is 70.1 Å². The second kappa shape index (κ2) is 8.54. The molecule has 1 N–H and O–H groups in total. The van der Waals surface area contributed by atoms with Crippen molar-refractivity contribution >= 4 is 12.0 Å². The van der Waals surface area contributed by atoms with E-state index in [0.717, 1.165) is 24.8 Å². The van der Waals surface area contributed by atoms with Crippen molar-refractivity contribution < 1.29 is 19.4 Å². The molecule has 2 unspecified atom stereocenters. The van der Waals surface area contributed by atoms with Crippen LogP contribution in [0.1, 0.15) is 44.6 Å². The summed E-state index contributed by atoms with van der Waals surface area (Å²) in [4.78, 5) is 28.9. The van der Waals surface area contributed by atoms with Crippen LogP contribution in [0.2, 0.25) is 0 Å². The first-order chi connectivity index (χ1) is 12.6. The van der Waals surface area contributed by atoms with E-state index in [2.05, 4.69) is 0 Å².